The van der Waals surface area contributed by atoms with Crippen LogP contribution in [0.5, 0.6) is 0 Å². The van der Waals surface area contributed by atoms with Crippen LogP contribution in [0.1, 0.15) is 38.4 Å². The van der Waals surface area contributed by atoms with Gasteiger partial charge >= 0.3 is 0 Å². The van der Waals surface area contributed by atoms with Crippen molar-refractivity contribution >= 4 is 15.8 Å². The van der Waals surface area contributed by atoms with Crippen LogP contribution in [0, 0.1) is 6.92 Å². The number of aryl methyl sites for hydroxylation is 2. The van der Waals surface area contributed by atoms with E-state index in [0.717, 1.165) is 70.2 Å². The van der Waals surface area contributed by atoms with Crippen LogP contribution >= 0.6 is 0 Å². The number of guanidine groups is 1. The van der Waals surface area contributed by atoms with Crippen molar-refractivity contribution < 1.29 is 8.42 Å². The highest BCUT2D eigenvalue weighted by atomic mass is 32.2. The van der Waals surface area contributed by atoms with Crippen LogP contribution < -0.4 is 10.6 Å². The highest BCUT2D eigenvalue weighted by molar-refractivity contribution is 7.90. The molecule has 2 N–H and O–H groups in total. The van der Waals surface area contributed by atoms with Crippen LogP contribution in [0.15, 0.2) is 17.4 Å². The van der Waals surface area contributed by atoms with Crippen molar-refractivity contribution in [2.45, 2.75) is 52.1 Å². The molecule has 160 valence electrons. The number of aromatic nitrogens is 2. The molecule has 28 heavy (non-hydrogen) atoms. The first-order chi connectivity index (χ1) is 13.4. The van der Waals surface area contributed by atoms with Crippen molar-refractivity contribution in [1.29, 1.82) is 0 Å². The second-order valence-electron chi connectivity index (χ2n) is 7.53. The number of sulfone groups is 1. The van der Waals surface area contributed by atoms with Gasteiger partial charge in [-0.25, -0.2) is 13.4 Å². The van der Waals surface area contributed by atoms with Crippen LogP contribution in [0.4, 0.5) is 0 Å². The summed E-state index contributed by atoms with van der Waals surface area (Å²) in [6.45, 7) is 9.22. The van der Waals surface area contributed by atoms with Gasteiger partial charge in [0.25, 0.3) is 0 Å². The lowest BCUT2D eigenvalue weighted by atomic mass is 10.1. The number of imidazole rings is 1. The number of unbranched alkanes of at least 4 members (excludes halogenated alkanes) is 1. The molecule has 0 bridgehead atoms. The van der Waals surface area contributed by atoms with E-state index < -0.39 is 9.84 Å². The first kappa shape index (κ1) is 22.7. The number of hydrogen-bond acceptors (Lipinski definition) is 5. The summed E-state index contributed by atoms with van der Waals surface area (Å²) in [7, 11) is -2.89. The lowest BCUT2D eigenvalue weighted by molar-refractivity contribution is 0.216. The summed E-state index contributed by atoms with van der Waals surface area (Å²) in [5.74, 6) is 2.19. The molecule has 0 atom stereocenters. The second-order valence-corrected chi connectivity index (χ2v) is 9.79. The van der Waals surface area contributed by atoms with Gasteiger partial charge in [-0.2, -0.15) is 0 Å². The molecular formula is C19H36N6O2S. The Morgan fingerprint density at radius 2 is 2.04 bits per heavy atom. The van der Waals surface area contributed by atoms with E-state index in [4.69, 9.17) is 4.99 Å². The Bertz CT molecular complexity index is 708. The molecule has 0 saturated carbocycles. The molecule has 0 aromatic carbocycles. The van der Waals surface area contributed by atoms with Gasteiger partial charge in [0.2, 0.25) is 0 Å². The fourth-order valence-electron chi connectivity index (χ4n) is 3.33. The minimum Gasteiger partial charge on any atom is -0.357 e. The summed E-state index contributed by atoms with van der Waals surface area (Å²) in [6.07, 6.45) is 9.30. The van der Waals surface area contributed by atoms with Gasteiger partial charge in [0, 0.05) is 64.0 Å². The summed E-state index contributed by atoms with van der Waals surface area (Å²) in [5, 5.41) is 6.87. The van der Waals surface area contributed by atoms with E-state index in [1.807, 2.05) is 19.3 Å². The van der Waals surface area contributed by atoms with Crippen LogP contribution in [0.3, 0.4) is 0 Å². The Labute approximate surface area is 169 Å². The maximum Gasteiger partial charge on any atom is 0.191 e. The van der Waals surface area contributed by atoms with E-state index in [9.17, 15) is 8.42 Å². The zero-order valence-electron chi connectivity index (χ0n) is 17.5. The van der Waals surface area contributed by atoms with E-state index in [1.165, 1.54) is 6.26 Å². The maximum atomic E-state index is 11.3. The number of piperidine rings is 1. The third-order valence-corrected chi connectivity index (χ3v) is 5.98. The number of nitrogens with zero attached hydrogens (tertiary/aromatic N) is 4. The minimum atomic E-state index is -2.89. The Balaban J connectivity index is 1.68. The van der Waals surface area contributed by atoms with Gasteiger partial charge in [-0.05, 0) is 39.5 Å². The lowest BCUT2D eigenvalue weighted by Gasteiger charge is -2.32. The van der Waals surface area contributed by atoms with Crippen molar-refractivity contribution in [3.05, 3.63) is 18.2 Å². The predicted octanol–water partition coefficient (Wildman–Crippen LogP) is 1.04. The van der Waals surface area contributed by atoms with E-state index in [-0.39, 0.29) is 5.75 Å². The largest absolute Gasteiger partial charge is 0.357 e. The van der Waals surface area contributed by atoms with Crippen LogP contribution in [0.2, 0.25) is 0 Å². The van der Waals surface area contributed by atoms with E-state index in [1.54, 1.807) is 0 Å². The van der Waals surface area contributed by atoms with Crippen LogP contribution in [0.25, 0.3) is 0 Å². The molecule has 1 saturated heterocycles. The minimum absolute atomic E-state index is 0.244. The standard InChI is InChI=1S/C19H36N6O2S/c1-4-20-19(22-9-5-6-11-25-14-10-21-17(25)2)23-18-7-12-24(13-8-18)15-16-28(3,26)27/h10,14,18H,4-9,11-13,15-16H2,1-3H3,(H2,20,22,23). The Hall–Kier alpha value is -1.61. The van der Waals surface area contributed by atoms with E-state index in [0.29, 0.717) is 12.6 Å². The van der Waals surface area contributed by atoms with Crippen molar-refractivity contribution in [3.8, 4) is 0 Å². The molecule has 0 radical (unpaired) electrons. The molecule has 1 aromatic heterocycles. The van der Waals surface area contributed by atoms with Crippen molar-refractivity contribution in [1.82, 2.24) is 25.1 Å². The summed E-state index contributed by atoms with van der Waals surface area (Å²) < 4.78 is 24.8. The SMILES string of the molecule is CCNC(=NCCCCn1ccnc1C)NC1CCN(CCS(C)(=O)=O)CC1. The number of rotatable bonds is 10. The van der Waals surface area contributed by atoms with Gasteiger partial charge in [0.05, 0.1) is 5.75 Å². The Morgan fingerprint density at radius 1 is 1.29 bits per heavy atom. The molecule has 0 aliphatic carbocycles. The topological polar surface area (TPSA) is 91.6 Å². The highest BCUT2D eigenvalue weighted by Gasteiger charge is 2.20. The molecular weight excluding hydrogens is 376 g/mol. The Morgan fingerprint density at radius 3 is 2.64 bits per heavy atom. The van der Waals surface area contributed by atoms with Gasteiger partial charge < -0.3 is 20.1 Å². The summed E-state index contributed by atoms with van der Waals surface area (Å²) in [6, 6.07) is 0.390. The smallest absolute Gasteiger partial charge is 0.191 e. The highest BCUT2D eigenvalue weighted by Crippen LogP contribution is 2.10. The number of hydrogen-bond donors (Lipinski definition) is 2. The van der Waals surface area contributed by atoms with Crippen LogP contribution in [-0.4, -0.2) is 79.6 Å². The molecule has 1 aliphatic heterocycles. The molecule has 9 heteroatoms. The third kappa shape index (κ3) is 8.60. The summed E-state index contributed by atoms with van der Waals surface area (Å²) in [4.78, 5) is 11.2. The molecule has 1 aliphatic rings. The average Bonchev–Trinajstić information content (AvgIpc) is 3.05. The maximum absolute atomic E-state index is 11.3. The number of likely N-dealkylation sites (tertiary alicyclic amines) is 1. The fourth-order valence-corrected chi connectivity index (χ4v) is 3.92. The third-order valence-electron chi connectivity index (χ3n) is 5.05. The number of aliphatic imine (C=N–C) groups is 1. The first-order valence-corrected chi connectivity index (χ1v) is 12.4. The van der Waals surface area contributed by atoms with Gasteiger partial charge in [-0.15, -0.1) is 0 Å². The van der Waals surface area contributed by atoms with Crippen LogP contribution in [-0.2, 0) is 16.4 Å². The first-order valence-electron chi connectivity index (χ1n) is 10.3. The van der Waals surface area contributed by atoms with Gasteiger partial charge in [0.1, 0.15) is 15.7 Å². The lowest BCUT2D eigenvalue weighted by Crippen LogP contribution is -2.49. The molecule has 0 amide bonds. The normalized spacial score (nSPS) is 17.0. The monoisotopic (exact) mass is 412 g/mol. The van der Waals surface area contributed by atoms with Gasteiger partial charge in [-0.3, -0.25) is 4.99 Å². The van der Waals surface area contributed by atoms with Gasteiger partial charge in [0.15, 0.2) is 5.96 Å². The van der Waals surface area contributed by atoms with E-state index >= 15 is 0 Å². The second kappa shape index (κ2) is 11.4. The molecule has 2 rings (SSSR count). The Kier molecular flexibility index (Phi) is 9.24. The molecule has 1 aromatic rings. The summed E-state index contributed by atoms with van der Waals surface area (Å²) in [5.41, 5.74) is 0. The zero-order valence-corrected chi connectivity index (χ0v) is 18.3. The molecule has 1 fully saturated rings. The predicted molar refractivity (Wildman–Crippen MR) is 114 cm³/mol. The molecule has 0 spiro atoms. The van der Waals surface area contributed by atoms with Crippen molar-refractivity contribution in [3.63, 3.8) is 0 Å². The molecule has 8 nitrogen and oxygen atoms in total. The van der Waals surface area contributed by atoms with E-state index in [2.05, 4.69) is 32.0 Å². The quantitative estimate of drug-likeness (QED) is 0.339. The number of nitrogens with one attached hydrogen (secondary N) is 2. The molecule has 2 heterocycles. The average molecular weight is 413 g/mol. The fraction of sp³-hybridized carbons (Fsp3) is 0.789. The summed E-state index contributed by atoms with van der Waals surface area (Å²) >= 11 is 0. The zero-order chi connectivity index (χ0) is 20.4. The molecule has 0 unspecified atom stereocenters. The van der Waals surface area contributed by atoms with Crippen molar-refractivity contribution in [2.75, 3.05) is 44.7 Å². The van der Waals surface area contributed by atoms with Crippen molar-refractivity contribution in [2.24, 2.45) is 4.99 Å². The van der Waals surface area contributed by atoms with Gasteiger partial charge in [-0.1, -0.05) is 0 Å².